The summed E-state index contributed by atoms with van der Waals surface area (Å²) in [5.74, 6) is -9.85. The number of amides is 1. The summed E-state index contributed by atoms with van der Waals surface area (Å²) in [6.45, 7) is 0. The molecular formula is C29H27N3O8. The van der Waals surface area contributed by atoms with Crippen molar-refractivity contribution in [1.29, 1.82) is 5.26 Å². The Morgan fingerprint density at radius 2 is 1.73 bits per heavy atom. The van der Waals surface area contributed by atoms with Gasteiger partial charge in [-0.05, 0) is 49.0 Å². The molecule has 5 rings (SSSR count). The second kappa shape index (κ2) is 9.39. The number of nitrogens with two attached hydrogens (primary N) is 1. The Labute approximate surface area is 228 Å². The first-order valence-electron chi connectivity index (χ1n) is 12.5. The van der Waals surface area contributed by atoms with E-state index in [1.165, 1.54) is 31.1 Å². The maximum absolute atomic E-state index is 13.8. The van der Waals surface area contributed by atoms with Crippen molar-refractivity contribution in [1.82, 2.24) is 4.90 Å². The van der Waals surface area contributed by atoms with Crippen LogP contribution in [0.5, 0.6) is 5.75 Å². The summed E-state index contributed by atoms with van der Waals surface area (Å²) in [5, 5.41) is 66.2. The van der Waals surface area contributed by atoms with Gasteiger partial charge in [0.15, 0.2) is 17.2 Å². The first-order valence-corrected chi connectivity index (χ1v) is 12.5. The van der Waals surface area contributed by atoms with E-state index >= 15 is 0 Å². The van der Waals surface area contributed by atoms with Crippen LogP contribution in [0, 0.1) is 29.1 Å². The van der Waals surface area contributed by atoms with Crippen LogP contribution < -0.4 is 5.73 Å². The van der Waals surface area contributed by atoms with E-state index in [0.717, 1.165) is 0 Å². The molecule has 1 amide bonds. The van der Waals surface area contributed by atoms with Crippen LogP contribution in [-0.4, -0.2) is 85.9 Å². The number of nitrogens with zero attached hydrogens (tertiary/aromatic N) is 2. The summed E-state index contributed by atoms with van der Waals surface area (Å²) in [5.41, 5.74) is 3.20. The third-order valence-electron chi connectivity index (χ3n) is 8.26. The number of aliphatic hydroxyl groups excluding tert-OH is 3. The maximum Gasteiger partial charge on any atom is 0.230 e. The molecule has 2 unspecified atom stereocenters. The number of phenolic OH excluding ortho intramolecular Hbond substituents is 1. The highest BCUT2D eigenvalue weighted by molar-refractivity contribution is 6.20. The summed E-state index contributed by atoms with van der Waals surface area (Å²) in [6.07, 6.45) is -1.87. The Morgan fingerprint density at radius 3 is 2.30 bits per heavy atom. The summed E-state index contributed by atoms with van der Waals surface area (Å²) < 4.78 is 0. The average Bonchev–Trinajstić information content (AvgIpc) is 2.90. The standard InChI is InChI=1S/C29H27N3O8/c1-32(2)22-21-24(35)18-15(10-12-6-8-13(11-30)9-7-12)14-4-3-5-16(33)17(14)23(34)19(18)26(37)29(21,40)27(38)20(25(22)36)28(31)39/h3-10,18,20-22,24-25,33,35-37,40H,1-2H3,(H2,31,39)/b15-10+/t18-,20?,21-,22+,24+,25?,29+/m1/s1. The van der Waals surface area contributed by atoms with E-state index in [4.69, 9.17) is 11.0 Å². The van der Waals surface area contributed by atoms with Gasteiger partial charge in [-0.15, -0.1) is 0 Å². The van der Waals surface area contributed by atoms with Gasteiger partial charge in [-0.25, -0.2) is 0 Å². The molecule has 3 aliphatic carbocycles. The Balaban J connectivity index is 1.84. The lowest BCUT2D eigenvalue weighted by molar-refractivity contribution is -0.191. The molecule has 0 heterocycles. The Bertz CT molecular complexity index is 1550. The number of ketones is 2. The average molecular weight is 546 g/mol. The molecule has 11 heteroatoms. The molecule has 0 aliphatic heterocycles. The normalized spacial score (nSPS) is 32.4. The lowest BCUT2D eigenvalue weighted by Gasteiger charge is -2.55. The number of nitriles is 1. The van der Waals surface area contributed by atoms with Gasteiger partial charge in [0.1, 0.15) is 17.4 Å². The number of carbonyl (C=O) groups excluding carboxylic acids is 3. The Hall–Kier alpha value is -4.34. The minimum Gasteiger partial charge on any atom is -0.508 e. The molecule has 2 aromatic rings. The first kappa shape index (κ1) is 27.2. The van der Waals surface area contributed by atoms with Crippen LogP contribution in [-0.2, 0) is 9.59 Å². The third kappa shape index (κ3) is 3.61. The van der Waals surface area contributed by atoms with Gasteiger partial charge in [-0.2, -0.15) is 5.26 Å². The second-order valence-corrected chi connectivity index (χ2v) is 10.6. The highest BCUT2D eigenvalue weighted by atomic mass is 16.4. The van der Waals surface area contributed by atoms with Gasteiger partial charge < -0.3 is 36.2 Å². The van der Waals surface area contributed by atoms with Crippen LogP contribution >= 0.6 is 0 Å². The van der Waals surface area contributed by atoms with Crippen LogP contribution in [0.15, 0.2) is 53.8 Å². The van der Waals surface area contributed by atoms with Gasteiger partial charge in [0, 0.05) is 17.9 Å². The van der Waals surface area contributed by atoms with E-state index in [1.807, 2.05) is 6.07 Å². The molecule has 7 N–H and O–H groups in total. The molecule has 0 radical (unpaired) electrons. The van der Waals surface area contributed by atoms with Gasteiger partial charge in [0.05, 0.1) is 35.0 Å². The smallest absolute Gasteiger partial charge is 0.230 e. The highest BCUT2D eigenvalue weighted by Gasteiger charge is 2.69. The van der Waals surface area contributed by atoms with Crippen molar-refractivity contribution in [2.45, 2.75) is 23.9 Å². The number of hydrogen-bond donors (Lipinski definition) is 6. The van der Waals surface area contributed by atoms with E-state index in [9.17, 15) is 39.9 Å². The molecule has 0 spiro atoms. The maximum atomic E-state index is 13.8. The Morgan fingerprint density at radius 1 is 1.07 bits per heavy atom. The van der Waals surface area contributed by atoms with E-state index in [-0.39, 0.29) is 16.7 Å². The summed E-state index contributed by atoms with van der Waals surface area (Å²) >= 11 is 0. The number of Topliss-reactive ketones (excluding diaryl/α,β-unsaturated/α-hetero) is 2. The SMILES string of the molecule is CN(C)[C@@H]1C(O)C(C(N)=O)C(=O)[C@@]2(O)C(O)=C3C(=O)c4c(O)cccc4/C(=C\c4ccc(C#N)cc4)[C@H]3[C@H](O)[C@@H]12. The number of likely N-dealkylation sites (N-methyl/N-ethyl adjacent to an activating group) is 1. The number of rotatable bonds is 3. The topological polar surface area (TPSA) is 205 Å². The predicted molar refractivity (Wildman–Crippen MR) is 140 cm³/mol. The number of fused-ring (bicyclic) bond motifs is 3. The second-order valence-electron chi connectivity index (χ2n) is 10.6. The number of aliphatic hydroxyl groups is 4. The van der Waals surface area contributed by atoms with Crippen LogP contribution in [0.25, 0.3) is 11.6 Å². The van der Waals surface area contributed by atoms with Gasteiger partial charge in [-0.3, -0.25) is 14.4 Å². The molecule has 206 valence electrons. The van der Waals surface area contributed by atoms with Gasteiger partial charge in [-0.1, -0.05) is 30.3 Å². The quantitative estimate of drug-likeness (QED) is 0.287. The fraction of sp³-hybridized carbons (Fsp3) is 0.310. The zero-order valence-electron chi connectivity index (χ0n) is 21.5. The zero-order chi connectivity index (χ0) is 29.3. The van der Waals surface area contributed by atoms with E-state index in [2.05, 4.69) is 0 Å². The van der Waals surface area contributed by atoms with Gasteiger partial charge in [0.25, 0.3) is 0 Å². The van der Waals surface area contributed by atoms with Crippen molar-refractivity contribution < 1.29 is 39.9 Å². The monoisotopic (exact) mass is 545 g/mol. The number of primary amides is 1. The highest BCUT2D eigenvalue weighted by Crippen LogP contribution is 2.55. The van der Waals surface area contributed by atoms with Crippen LogP contribution in [0.3, 0.4) is 0 Å². The minimum absolute atomic E-state index is 0.214. The van der Waals surface area contributed by atoms with E-state index in [0.29, 0.717) is 11.1 Å². The molecule has 0 aromatic heterocycles. The van der Waals surface area contributed by atoms with Crippen molar-refractivity contribution in [3.05, 3.63) is 76.1 Å². The third-order valence-corrected chi connectivity index (χ3v) is 8.26. The molecule has 1 saturated carbocycles. The van der Waals surface area contributed by atoms with Crippen molar-refractivity contribution >= 4 is 29.1 Å². The lowest BCUT2D eigenvalue weighted by Crippen LogP contribution is -2.74. The molecular weight excluding hydrogens is 518 g/mol. The molecule has 0 saturated heterocycles. The fourth-order valence-electron chi connectivity index (χ4n) is 6.50. The van der Waals surface area contributed by atoms with Crippen molar-refractivity contribution in [3.8, 4) is 11.8 Å². The molecule has 7 atom stereocenters. The number of aromatic hydroxyl groups is 1. The Kier molecular flexibility index (Phi) is 6.40. The largest absolute Gasteiger partial charge is 0.508 e. The molecule has 2 aromatic carbocycles. The summed E-state index contributed by atoms with van der Waals surface area (Å²) in [7, 11) is 3.00. The zero-order valence-corrected chi connectivity index (χ0v) is 21.5. The number of carbonyl (C=O) groups is 3. The molecule has 11 nitrogen and oxygen atoms in total. The minimum atomic E-state index is -2.95. The number of hydrogen-bond acceptors (Lipinski definition) is 10. The predicted octanol–water partition coefficient (Wildman–Crippen LogP) is 0.126. The molecule has 40 heavy (non-hydrogen) atoms. The van der Waals surface area contributed by atoms with E-state index < -0.39 is 76.2 Å². The molecule has 0 bridgehead atoms. The van der Waals surface area contributed by atoms with Crippen molar-refractivity contribution in [2.24, 2.45) is 23.5 Å². The summed E-state index contributed by atoms with van der Waals surface area (Å²) in [4.78, 5) is 41.0. The number of benzene rings is 2. The van der Waals surface area contributed by atoms with Crippen molar-refractivity contribution in [2.75, 3.05) is 14.1 Å². The van der Waals surface area contributed by atoms with E-state index in [1.54, 1.807) is 36.4 Å². The van der Waals surface area contributed by atoms with Gasteiger partial charge >= 0.3 is 0 Å². The number of phenols is 1. The van der Waals surface area contributed by atoms with Crippen LogP contribution in [0.2, 0.25) is 0 Å². The van der Waals surface area contributed by atoms with Crippen LogP contribution in [0.1, 0.15) is 27.0 Å². The lowest BCUT2D eigenvalue weighted by atomic mass is 9.54. The fourth-order valence-corrected chi connectivity index (χ4v) is 6.50. The molecule has 3 aliphatic rings. The summed E-state index contributed by atoms with van der Waals surface area (Å²) in [6, 6.07) is 11.5. The first-order chi connectivity index (χ1) is 18.9. The van der Waals surface area contributed by atoms with Crippen LogP contribution in [0.4, 0.5) is 0 Å². The van der Waals surface area contributed by atoms with Crippen molar-refractivity contribution in [3.63, 3.8) is 0 Å². The van der Waals surface area contributed by atoms with Gasteiger partial charge in [0.2, 0.25) is 5.91 Å². The molecule has 1 fully saturated rings.